The van der Waals surface area contributed by atoms with Gasteiger partial charge in [0.25, 0.3) is 0 Å². The average molecular weight is 692 g/mol. The van der Waals surface area contributed by atoms with Crippen LogP contribution in [0.2, 0.25) is 0 Å². The second-order valence-electron chi connectivity index (χ2n) is 15.5. The zero-order chi connectivity index (χ0) is 36.4. The molecule has 1 nitrogen and oxygen atoms in total. The summed E-state index contributed by atoms with van der Waals surface area (Å²) in [6, 6.07) is 71.6. The van der Waals surface area contributed by atoms with Gasteiger partial charge in [0.2, 0.25) is 0 Å². The van der Waals surface area contributed by atoms with Crippen molar-refractivity contribution >= 4 is 17.1 Å². The summed E-state index contributed by atoms with van der Waals surface area (Å²) in [5, 5.41) is 0. The van der Waals surface area contributed by atoms with Gasteiger partial charge in [-0.15, -0.1) is 0 Å². The van der Waals surface area contributed by atoms with E-state index in [1.807, 2.05) is 0 Å². The molecule has 1 heteroatoms. The zero-order valence-electron chi connectivity index (χ0n) is 30.9. The predicted octanol–water partition coefficient (Wildman–Crippen LogP) is 14.1. The Hall–Kier alpha value is -6.44. The first kappa shape index (κ1) is 32.2. The SMILES string of the molecule is CC1(C)c2ccccc2-c2ccc(N(c3ccc(-c4cccc(C5(C)c6ccccc6-c6ccccc65)c4)cc3)c3ccccc3-c3ccccc3)cc21. The Balaban J connectivity index is 1.09. The van der Waals surface area contributed by atoms with Gasteiger partial charge < -0.3 is 4.90 Å². The molecule has 0 radical (unpaired) electrons. The van der Waals surface area contributed by atoms with Gasteiger partial charge >= 0.3 is 0 Å². The standard InChI is InChI=1S/C53H41N/c1-52(2)47-24-11-7-21-43(47)46-33-32-41(35-50(46)52)54(51-27-14-10-20-42(51)37-16-5-4-6-17-37)40-30-28-36(29-31-40)38-18-15-19-39(34-38)53(3)48-25-12-8-22-44(48)45-23-9-13-26-49(45)53/h4-35H,1-3H3. The second kappa shape index (κ2) is 12.3. The minimum atomic E-state index is -0.234. The van der Waals surface area contributed by atoms with Gasteiger partial charge in [-0.05, 0) is 110 Å². The number of fused-ring (bicyclic) bond motifs is 6. The molecule has 0 atom stereocenters. The Morgan fingerprint density at radius 3 is 1.54 bits per heavy atom. The Bertz CT molecular complexity index is 2650. The van der Waals surface area contributed by atoms with Crippen LogP contribution in [0.3, 0.4) is 0 Å². The minimum absolute atomic E-state index is 0.0988. The van der Waals surface area contributed by atoms with Gasteiger partial charge in [-0.2, -0.15) is 0 Å². The third-order valence-corrected chi connectivity index (χ3v) is 12.2. The van der Waals surface area contributed by atoms with Crippen molar-refractivity contribution in [1.29, 1.82) is 0 Å². The van der Waals surface area contributed by atoms with Gasteiger partial charge in [-0.1, -0.05) is 172 Å². The summed E-state index contributed by atoms with van der Waals surface area (Å²) in [4.78, 5) is 2.44. The van der Waals surface area contributed by atoms with Gasteiger partial charge in [-0.25, -0.2) is 0 Å². The molecule has 0 spiro atoms. The first-order chi connectivity index (χ1) is 26.4. The molecular formula is C53H41N. The van der Waals surface area contributed by atoms with Crippen LogP contribution in [0.15, 0.2) is 194 Å². The van der Waals surface area contributed by atoms with E-state index in [1.54, 1.807) is 0 Å². The largest absolute Gasteiger partial charge is 0.310 e. The van der Waals surface area contributed by atoms with Crippen LogP contribution >= 0.6 is 0 Å². The number of rotatable bonds is 6. The Kier molecular flexibility index (Phi) is 7.35. The van der Waals surface area contributed by atoms with E-state index in [0.717, 1.165) is 17.1 Å². The maximum Gasteiger partial charge on any atom is 0.0540 e. The fourth-order valence-corrected chi connectivity index (χ4v) is 9.37. The quantitative estimate of drug-likeness (QED) is 0.168. The summed E-state index contributed by atoms with van der Waals surface area (Å²) >= 11 is 0. The maximum atomic E-state index is 2.44. The second-order valence-corrected chi connectivity index (χ2v) is 15.5. The van der Waals surface area contributed by atoms with Crippen molar-refractivity contribution < 1.29 is 0 Å². The van der Waals surface area contributed by atoms with Gasteiger partial charge in [0.15, 0.2) is 0 Å². The van der Waals surface area contributed by atoms with E-state index in [4.69, 9.17) is 0 Å². The van der Waals surface area contributed by atoms with Crippen molar-refractivity contribution in [2.45, 2.75) is 31.6 Å². The Morgan fingerprint density at radius 1 is 0.333 bits per heavy atom. The van der Waals surface area contributed by atoms with Gasteiger partial charge in [0.05, 0.1) is 5.69 Å². The fraction of sp³-hybridized carbons (Fsp3) is 0.0943. The molecule has 258 valence electrons. The summed E-state index contributed by atoms with van der Waals surface area (Å²) in [5.41, 5.74) is 20.0. The highest BCUT2D eigenvalue weighted by Crippen LogP contribution is 2.53. The molecule has 0 heterocycles. The van der Waals surface area contributed by atoms with E-state index in [9.17, 15) is 0 Å². The third kappa shape index (κ3) is 4.85. The Morgan fingerprint density at radius 2 is 0.852 bits per heavy atom. The Labute approximate surface area is 318 Å². The van der Waals surface area contributed by atoms with E-state index in [0.29, 0.717) is 0 Å². The minimum Gasteiger partial charge on any atom is -0.310 e. The molecule has 0 bridgehead atoms. The van der Waals surface area contributed by atoms with Crippen molar-refractivity contribution in [1.82, 2.24) is 0 Å². The van der Waals surface area contributed by atoms with Gasteiger partial charge in [-0.3, -0.25) is 0 Å². The zero-order valence-corrected chi connectivity index (χ0v) is 30.9. The predicted molar refractivity (Wildman–Crippen MR) is 227 cm³/mol. The van der Waals surface area contributed by atoms with Crippen LogP contribution in [0.1, 0.15) is 48.6 Å². The summed E-state index contributed by atoms with van der Waals surface area (Å²) in [5.74, 6) is 0. The molecule has 54 heavy (non-hydrogen) atoms. The molecule has 2 aliphatic rings. The summed E-state index contributed by atoms with van der Waals surface area (Å²) in [7, 11) is 0. The number of para-hydroxylation sites is 1. The van der Waals surface area contributed by atoms with E-state index in [1.165, 1.54) is 72.3 Å². The maximum absolute atomic E-state index is 2.44. The van der Waals surface area contributed by atoms with Crippen LogP contribution in [0.4, 0.5) is 17.1 Å². The first-order valence-corrected chi connectivity index (χ1v) is 19.0. The first-order valence-electron chi connectivity index (χ1n) is 19.0. The van der Waals surface area contributed by atoms with Gasteiger partial charge in [0.1, 0.15) is 0 Å². The fourth-order valence-electron chi connectivity index (χ4n) is 9.37. The molecule has 0 N–H and O–H groups in total. The number of benzene rings is 8. The average Bonchev–Trinajstić information content (AvgIpc) is 3.63. The van der Waals surface area contributed by atoms with Crippen LogP contribution in [-0.4, -0.2) is 0 Å². The smallest absolute Gasteiger partial charge is 0.0540 e. The van der Waals surface area contributed by atoms with E-state index in [-0.39, 0.29) is 10.8 Å². The third-order valence-electron chi connectivity index (χ3n) is 12.2. The number of anilines is 3. The highest BCUT2D eigenvalue weighted by molar-refractivity contribution is 5.91. The lowest BCUT2D eigenvalue weighted by Gasteiger charge is -2.30. The molecule has 0 aromatic heterocycles. The molecule has 10 rings (SSSR count). The number of hydrogen-bond acceptors (Lipinski definition) is 1. The van der Waals surface area contributed by atoms with Crippen molar-refractivity contribution in [2.24, 2.45) is 0 Å². The van der Waals surface area contributed by atoms with E-state index < -0.39 is 0 Å². The molecule has 0 saturated carbocycles. The molecule has 0 aliphatic heterocycles. The van der Waals surface area contributed by atoms with Crippen LogP contribution < -0.4 is 4.90 Å². The van der Waals surface area contributed by atoms with Crippen LogP contribution in [0.5, 0.6) is 0 Å². The lowest BCUT2D eigenvalue weighted by molar-refractivity contribution is 0.660. The highest BCUT2D eigenvalue weighted by atomic mass is 15.1. The van der Waals surface area contributed by atoms with Crippen molar-refractivity contribution in [2.75, 3.05) is 4.90 Å². The van der Waals surface area contributed by atoms with Crippen molar-refractivity contribution in [3.05, 3.63) is 222 Å². The lowest BCUT2D eigenvalue weighted by Crippen LogP contribution is -2.22. The molecule has 0 fully saturated rings. The molecule has 2 aliphatic carbocycles. The van der Waals surface area contributed by atoms with Crippen molar-refractivity contribution in [3.63, 3.8) is 0 Å². The summed E-state index contributed by atoms with van der Waals surface area (Å²) < 4.78 is 0. The van der Waals surface area contributed by atoms with E-state index in [2.05, 4.69) is 220 Å². The lowest BCUT2D eigenvalue weighted by atomic mass is 9.74. The summed E-state index contributed by atoms with van der Waals surface area (Å²) in [6.07, 6.45) is 0. The monoisotopic (exact) mass is 691 g/mol. The molecule has 8 aromatic rings. The van der Waals surface area contributed by atoms with Gasteiger partial charge in [0, 0.05) is 27.8 Å². The molecule has 0 unspecified atom stereocenters. The van der Waals surface area contributed by atoms with E-state index >= 15 is 0 Å². The number of hydrogen-bond donors (Lipinski definition) is 0. The summed E-state index contributed by atoms with van der Waals surface area (Å²) in [6.45, 7) is 7.10. The molecular weight excluding hydrogens is 651 g/mol. The normalized spacial score (nSPS) is 14.1. The molecule has 0 saturated heterocycles. The van der Waals surface area contributed by atoms with Crippen LogP contribution in [0.25, 0.3) is 44.5 Å². The topological polar surface area (TPSA) is 3.24 Å². The van der Waals surface area contributed by atoms with Crippen molar-refractivity contribution in [3.8, 4) is 44.5 Å². The van der Waals surface area contributed by atoms with Crippen LogP contribution in [0, 0.1) is 0 Å². The molecule has 8 aromatic carbocycles. The number of nitrogens with zero attached hydrogens (tertiary/aromatic N) is 1. The van der Waals surface area contributed by atoms with Crippen LogP contribution in [-0.2, 0) is 10.8 Å². The molecule has 0 amide bonds. The highest BCUT2D eigenvalue weighted by Gasteiger charge is 2.40.